The van der Waals surface area contributed by atoms with Crippen LogP contribution in [0, 0.1) is 13.8 Å². The van der Waals surface area contributed by atoms with E-state index in [1.807, 2.05) is 6.92 Å². The molecule has 0 saturated heterocycles. The minimum absolute atomic E-state index is 0.0639. The van der Waals surface area contributed by atoms with Gasteiger partial charge in [0, 0.05) is 12.0 Å². The first kappa shape index (κ1) is 12.8. The quantitative estimate of drug-likeness (QED) is 0.753. The fourth-order valence-electron chi connectivity index (χ4n) is 1.48. The van der Waals surface area contributed by atoms with Crippen LogP contribution in [0.2, 0.25) is 5.02 Å². The van der Waals surface area contributed by atoms with Crippen LogP contribution in [-0.2, 0) is 11.2 Å². The van der Waals surface area contributed by atoms with E-state index in [2.05, 4.69) is 0 Å². The summed E-state index contributed by atoms with van der Waals surface area (Å²) >= 11 is 5.82. The predicted octanol–water partition coefficient (Wildman–Crippen LogP) is 1.62. The monoisotopic (exact) mass is 243 g/mol. The molecule has 1 aromatic carbocycles. The number of carboxylic acid groups (broad SMARTS) is 1. The summed E-state index contributed by atoms with van der Waals surface area (Å²) in [4.78, 5) is 10.7. The average molecular weight is 244 g/mol. The fraction of sp³-hybridized carbons (Fsp3) is 0.364. The Kier molecular flexibility index (Phi) is 3.78. The molecule has 5 heteroatoms. The van der Waals surface area contributed by atoms with Crippen molar-refractivity contribution in [3.8, 4) is 5.75 Å². The van der Waals surface area contributed by atoms with Crippen LogP contribution in [0.15, 0.2) is 6.07 Å². The van der Waals surface area contributed by atoms with Gasteiger partial charge in [0.15, 0.2) is 0 Å². The topological polar surface area (TPSA) is 83.5 Å². The molecule has 1 aromatic rings. The van der Waals surface area contributed by atoms with Gasteiger partial charge in [-0.15, -0.1) is 0 Å². The molecular weight excluding hydrogens is 230 g/mol. The Morgan fingerprint density at radius 1 is 1.56 bits per heavy atom. The Balaban J connectivity index is 3.17. The summed E-state index contributed by atoms with van der Waals surface area (Å²) in [7, 11) is 0. The first-order valence-electron chi connectivity index (χ1n) is 4.80. The zero-order valence-electron chi connectivity index (χ0n) is 9.12. The van der Waals surface area contributed by atoms with Crippen LogP contribution in [0.4, 0.5) is 0 Å². The normalized spacial score (nSPS) is 12.5. The van der Waals surface area contributed by atoms with Crippen LogP contribution >= 0.6 is 11.6 Å². The van der Waals surface area contributed by atoms with Crippen molar-refractivity contribution in [1.82, 2.24) is 0 Å². The molecule has 0 aliphatic rings. The van der Waals surface area contributed by atoms with Crippen molar-refractivity contribution in [2.75, 3.05) is 0 Å². The lowest BCUT2D eigenvalue weighted by Gasteiger charge is -2.14. The molecule has 0 aromatic heterocycles. The van der Waals surface area contributed by atoms with Gasteiger partial charge in [-0.25, -0.2) is 0 Å². The number of carbonyl (C=O) groups is 1. The number of aryl methyl sites for hydroxylation is 1. The zero-order chi connectivity index (χ0) is 12.5. The van der Waals surface area contributed by atoms with Gasteiger partial charge < -0.3 is 15.9 Å². The molecule has 0 amide bonds. The fourth-order valence-corrected chi connectivity index (χ4v) is 1.76. The van der Waals surface area contributed by atoms with Crippen LogP contribution in [0.25, 0.3) is 0 Å². The number of carboxylic acids is 1. The van der Waals surface area contributed by atoms with Crippen LogP contribution in [0.3, 0.4) is 0 Å². The van der Waals surface area contributed by atoms with Gasteiger partial charge in [0.1, 0.15) is 11.8 Å². The van der Waals surface area contributed by atoms with Gasteiger partial charge in [0.05, 0.1) is 5.02 Å². The Labute approximate surface area is 98.6 Å². The first-order valence-corrected chi connectivity index (χ1v) is 5.18. The molecule has 88 valence electrons. The maximum Gasteiger partial charge on any atom is 0.320 e. The Morgan fingerprint density at radius 2 is 2.12 bits per heavy atom. The minimum Gasteiger partial charge on any atom is -0.506 e. The van der Waals surface area contributed by atoms with Crippen LogP contribution in [0.5, 0.6) is 5.75 Å². The largest absolute Gasteiger partial charge is 0.506 e. The van der Waals surface area contributed by atoms with E-state index in [1.165, 1.54) is 0 Å². The molecule has 16 heavy (non-hydrogen) atoms. The number of rotatable bonds is 3. The SMILES string of the molecule is Cc1cc(Cl)c(O)c(CC(N)C(=O)O)c1C. The van der Waals surface area contributed by atoms with Crippen molar-refractivity contribution >= 4 is 17.6 Å². The molecule has 0 aliphatic heterocycles. The number of halogens is 1. The van der Waals surface area contributed by atoms with Crippen LogP contribution in [0.1, 0.15) is 16.7 Å². The molecule has 4 nitrogen and oxygen atoms in total. The molecule has 4 N–H and O–H groups in total. The molecular formula is C11H14ClNO3. The van der Waals surface area contributed by atoms with Crippen molar-refractivity contribution in [3.05, 3.63) is 27.8 Å². The number of phenols is 1. The van der Waals surface area contributed by atoms with E-state index in [4.69, 9.17) is 22.4 Å². The average Bonchev–Trinajstić information content (AvgIpc) is 2.21. The Bertz CT molecular complexity index is 405. The maximum atomic E-state index is 10.7. The van der Waals surface area contributed by atoms with E-state index in [0.29, 0.717) is 5.56 Å². The maximum absolute atomic E-state index is 10.7. The van der Waals surface area contributed by atoms with E-state index in [0.717, 1.165) is 11.1 Å². The van der Waals surface area contributed by atoms with Gasteiger partial charge in [0.25, 0.3) is 0 Å². The third-order valence-corrected chi connectivity index (χ3v) is 2.93. The molecule has 1 atom stereocenters. The lowest BCUT2D eigenvalue weighted by molar-refractivity contribution is -0.138. The smallest absolute Gasteiger partial charge is 0.320 e. The molecule has 0 saturated carbocycles. The molecule has 0 radical (unpaired) electrons. The van der Waals surface area contributed by atoms with Crippen molar-refractivity contribution in [3.63, 3.8) is 0 Å². The van der Waals surface area contributed by atoms with Gasteiger partial charge in [-0.1, -0.05) is 11.6 Å². The van der Waals surface area contributed by atoms with E-state index < -0.39 is 12.0 Å². The lowest BCUT2D eigenvalue weighted by atomic mass is 9.97. The summed E-state index contributed by atoms with van der Waals surface area (Å²) in [5.74, 6) is -1.18. The van der Waals surface area contributed by atoms with E-state index in [-0.39, 0.29) is 17.2 Å². The second-order valence-corrected chi connectivity index (χ2v) is 4.18. The van der Waals surface area contributed by atoms with Gasteiger partial charge in [0.2, 0.25) is 0 Å². The number of phenolic OH excluding ortho intramolecular Hbond substituents is 1. The first-order chi connectivity index (χ1) is 7.34. The van der Waals surface area contributed by atoms with Gasteiger partial charge in [-0.3, -0.25) is 4.79 Å². The number of nitrogens with two attached hydrogens (primary N) is 1. The molecule has 0 fully saturated rings. The van der Waals surface area contributed by atoms with Gasteiger partial charge >= 0.3 is 5.97 Å². The third kappa shape index (κ3) is 2.46. The summed E-state index contributed by atoms with van der Waals surface area (Å²) in [6, 6.07) is 0.602. The number of hydrogen-bond donors (Lipinski definition) is 3. The summed E-state index contributed by atoms with van der Waals surface area (Å²) in [5.41, 5.74) is 7.65. The standard InChI is InChI=1S/C11H14ClNO3/c1-5-3-8(12)10(14)7(6(5)2)4-9(13)11(15)16/h3,9,14H,4,13H2,1-2H3,(H,15,16). The molecule has 0 aliphatic carbocycles. The molecule has 0 spiro atoms. The summed E-state index contributed by atoms with van der Waals surface area (Å²) in [5, 5.41) is 18.7. The Hall–Kier alpha value is -1.26. The van der Waals surface area contributed by atoms with E-state index in [9.17, 15) is 9.90 Å². The van der Waals surface area contributed by atoms with Crippen molar-refractivity contribution < 1.29 is 15.0 Å². The summed E-state index contributed by atoms with van der Waals surface area (Å²) in [6.07, 6.45) is 0.0639. The minimum atomic E-state index is -1.10. The molecule has 1 unspecified atom stereocenters. The van der Waals surface area contributed by atoms with E-state index in [1.54, 1.807) is 13.0 Å². The number of hydrogen-bond acceptors (Lipinski definition) is 3. The van der Waals surface area contributed by atoms with Crippen LogP contribution in [-0.4, -0.2) is 22.2 Å². The van der Waals surface area contributed by atoms with Gasteiger partial charge in [-0.2, -0.15) is 0 Å². The third-order valence-electron chi connectivity index (χ3n) is 2.64. The second kappa shape index (κ2) is 4.72. The van der Waals surface area contributed by atoms with Crippen molar-refractivity contribution in [2.24, 2.45) is 5.73 Å². The highest BCUT2D eigenvalue weighted by Gasteiger charge is 2.18. The zero-order valence-corrected chi connectivity index (χ0v) is 9.88. The Morgan fingerprint density at radius 3 is 2.62 bits per heavy atom. The summed E-state index contributed by atoms with van der Waals surface area (Å²) in [6.45, 7) is 3.64. The lowest BCUT2D eigenvalue weighted by Crippen LogP contribution is -2.32. The highest BCUT2D eigenvalue weighted by atomic mass is 35.5. The van der Waals surface area contributed by atoms with Crippen molar-refractivity contribution in [1.29, 1.82) is 0 Å². The number of aromatic hydroxyl groups is 1. The summed E-state index contributed by atoms with van der Waals surface area (Å²) < 4.78 is 0. The van der Waals surface area contributed by atoms with Gasteiger partial charge in [-0.05, 0) is 31.0 Å². The van der Waals surface area contributed by atoms with Crippen molar-refractivity contribution in [2.45, 2.75) is 26.3 Å². The highest BCUT2D eigenvalue weighted by molar-refractivity contribution is 6.32. The number of aliphatic carboxylic acids is 1. The predicted molar refractivity (Wildman–Crippen MR) is 61.9 cm³/mol. The highest BCUT2D eigenvalue weighted by Crippen LogP contribution is 2.32. The van der Waals surface area contributed by atoms with Crippen LogP contribution < -0.4 is 5.73 Å². The molecule has 0 heterocycles. The molecule has 0 bridgehead atoms. The second-order valence-electron chi connectivity index (χ2n) is 3.78. The van der Waals surface area contributed by atoms with E-state index >= 15 is 0 Å². The molecule has 1 rings (SSSR count). The number of benzene rings is 1.